The third-order valence-corrected chi connectivity index (χ3v) is 6.57. The molecule has 0 aliphatic carbocycles. The van der Waals surface area contributed by atoms with Gasteiger partial charge in [0.2, 0.25) is 0 Å². The molecule has 0 unspecified atom stereocenters. The molecule has 156 valence electrons. The number of amides is 2. The highest BCUT2D eigenvalue weighted by Gasteiger charge is 2.35. The van der Waals surface area contributed by atoms with E-state index in [-0.39, 0.29) is 17.7 Å². The zero-order valence-electron chi connectivity index (χ0n) is 16.3. The normalized spacial score (nSPS) is 15.0. The zero-order valence-corrected chi connectivity index (χ0v) is 19.4. The third-order valence-electron chi connectivity index (χ3n) is 4.63. The molecule has 3 aromatic carbocycles. The average Bonchev–Trinajstić information content (AvgIpc) is 3.02. The molecule has 1 saturated heterocycles. The molecule has 2 amide bonds. The Morgan fingerprint density at radius 1 is 1.00 bits per heavy atom. The van der Waals surface area contributed by atoms with Crippen LogP contribution < -0.4 is 4.74 Å². The molecule has 3 aromatic rings. The van der Waals surface area contributed by atoms with Gasteiger partial charge in [0.15, 0.2) is 0 Å². The van der Waals surface area contributed by atoms with Crippen molar-refractivity contribution in [1.82, 2.24) is 4.90 Å². The second-order valence-corrected chi connectivity index (χ2v) is 9.13. The molecule has 31 heavy (non-hydrogen) atoms. The molecular formula is C24H17BrClNO3S. The summed E-state index contributed by atoms with van der Waals surface area (Å²) in [5, 5.41) is 0.404. The van der Waals surface area contributed by atoms with Gasteiger partial charge in [-0.05, 0) is 64.9 Å². The van der Waals surface area contributed by atoms with E-state index in [0.717, 1.165) is 32.9 Å². The quantitative estimate of drug-likeness (QED) is 0.335. The van der Waals surface area contributed by atoms with Crippen molar-refractivity contribution in [3.05, 3.63) is 104 Å². The van der Waals surface area contributed by atoms with Crippen molar-refractivity contribution in [2.75, 3.05) is 0 Å². The van der Waals surface area contributed by atoms with Crippen LogP contribution in [0.2, 0.25) is 5.02 Å². The van der Waals surface area contributed by atoms with E-state index in [1.807, 2.05) is 72.8 Å². The van der Waals surface area contributed by atoms with E-state index < -0.39 is 0 Å². The van der Waals surface area contributed by atoms with E-state index in [1.54, 1.807) is 6.08 Å². The van der Waals surface area contributed by atoms with Crippen LogP contribution >= 0.6 is 39.3 Å². The first kappa shape index (κ1) is 21.7. The van der Waals surface area contributed by atoms with Crippen molar-refractivity contribution in [2.45, 2.75) is 13.2 Å². The molecule has 0 bridgehead atoms. The molecule has 1 aliphatic heterocycles. The molecule has 1 heterocycles. The largest absolute Gasteiger partial charge is 0.489 e. The van der Waals surface area contributed by atoms with Gasteiger partial charge < -0.3 is 4.74 Å². The van der Waals surface area contributed by atoms with Gasteiger partial charge in [-0.2, -0.15) is 0 Å². The van der Waals surface area contributed by atoms with Crippen LogP contribution in [0, 0.1) is 0 Å². The summed E-state index contributed by atoms with van der Waals surface area (Å²) in [5.74, 6) is 0.384. The molecule has 1 fully saturated rings. The summed E-state index contributed by atoms with van der Waals surface area (Å²) < 4.78 is 6.72. The predicted octanol–water partition coefficient (Wildman–Crippen LogP) is 6.92. The van der Waals surface area contributed by atoms with E-state index in [4.69, 9.17) is 16.3 Å². The number of benzene rings is 3. The number of nitrogens with zero attached hydrogens (tertiary/aromatic N) is 1. The molecule has 7 heteroatoms. The fourth-order valence-electron chi connectivity index (χ4n) is 3.03. The minimum absolute atomic E-state index is 0.230. The number of thioether (sulfide) groups is 1. The number of hydrogen-bond donors (Lipinski definition) is 0. The Morgan fingerprint density at radius 3 is 2.55 bits per heavy atom. The summed E-state index contributed by atoms with van der Waals surface area (Å²) in [5.41, 5.74) is 2.67. The van der Waals surface area contributed by atoms with Gasteiger partial charge in [-0.1, -0.05) is 70.0 Å². The average molecular weight is 515 g/mol. The van der Waals surface area contributed by atoms with E-state index >= 15 is 0 Å². The fraction of sp³-hybridized carbons (Fsp3) is 0.0833. The predicted molar refractivity (Wildman–Crippen MR) is 128 cm³/mol. The van der Waals surface area contributed by atoms with Crippen molar-refractivity contribution in [1.29, 1.82) is 0 Å². The summed E-state index contributed by atoms with van der Waals surface area (Å²) >= 11 is 10.3. The number of carbonyl (C=O) groups is 2. The van der Waals surface area contributed by atoms with E-state index in [9.17, 15) is 9.59 Å². The molecule has 0 spiro atoms. The van der Waals surface area contributed by atoms with Crippen LogP contribution in [0.4, 0.5) is 4.79 Å². The number of hydrogen-bond acceptors (Lipinski definition) is 4. The van der Waals surface area contributed by atoms with Crippen LogP contribution in [0.3, 0.4) is 0 Å². The Hall–Kier alpha value is -2.54. The zero-order chi connectivity index (χ0) is 21.8. The van der Waals surface area contributed by atoms with Crippen LogP contribution in [-0.4, -0.2) is 16.0 Å². The van der Waals surface area contributed by atoms with E-state index in [1.165, 1.54) is 4.90 Å². The van der Waals surface area contributed by atoms with Crippen molar-refractivity contribution in [3.8, 4) is 5.75 Å². The van der Waals surface area contributed by atoms with Gasteiger partial charge in [0, 0.05) is 9.50 Å². The second-order valence-electron chi connectivity index (χ2n) is 6.85. The first-order valence-electron chi connectivity index (χ1n) is 9.46. The molecule has 0 aromatic heterocycles. The molecular weight excluding hydrogens is 498 g/mol. The highest BCUT2D eigenvalue weighted by atomic mass is 79.9. The van der Waals surface area contributed by atoms with Gasteiger partial charge in [-0.25, -0.2) is 0 Å². The Bertz CT molecular complexity index is 1160. The molecule has 1 aliphatic rings. The molecule has 4 nitrogen and oxygen atoms in total. The SMILES string of the molecule is O=C1S/C(=C\c2cccc(OCc3ccc(Cl)cc3)c2)C(=O)N1Cc1ccccc1Br. The standard InChI is InChI=1S/C24H17BrClNO3S/c25-21-7-2-1-5-18(21)14-27-23(28)22(31-24(27)29)13-17-4-3-6-20(12-17)30-15-16-8-10-19(26)11-9-16/h1-13H,14-15H2/b22-13-. The summed E-state index contributed by atoms with van der Waals surface area (Å²) in [4.78, 5) is 26.9. The summed E-state index contributed by atoms with van der Waals surface area (Å²) in [6.07, 6.45) is 1.72. The second kappa shape index (κ2) is 9.73. The van der Waals surface area contributed by atoms with Crippen LogP contribution in [-0.2, 0) is 17.9 Å². The van der Waals surface area contributed by atoms with E-state index in [0.29, 0.717) is 22.3 Å². The van der Waals surface area contributed by atoms with Crippen LogP contribution in [0.5, 0.6) is 5.75 Å². The Morgan fingerprint density at radius 2 is 1.77 bits per heavy atom. The maximum Gasteiger partial charge on any atom is 0.293 e. The highest BCUT2D eigenvalue weighted by Crippen LogP contribution is 2.34. The van der Waals surface area contributed by atoms with Crippen LogP contribution in [0.1, 0.15) is 16.7 Å². The molecule has 0 N–H and O–H groups in total. The first-order valence-corrected chi connectivity index (χ1v) is 11.4. The highest BCUT2D eigenvalue weighted by molar-refractivity contribution is 9.10. The molecule has 0 radical (unpaired) electrons. The first-order chi connectivity index (χ1) is 15.0. The summed E-state index contributed by atoms with van der Waals surface area (Å²) in [6.45, 7) is 0.636. The topological polar surface area (TPSA) is 46.6 Å². The molecule has 0 saturated carbocycles. The van der Waals surface area contributed by atoms with Crippen molar-refractivity contribution < 1.29 is 14.3 Å². The number of ether oxygens (including phenoxy) is 1. The molecule has 4 rings (SSSR count). The monoisotopic (exact) mass is 513 g/mol. The van der Waals surface area contributed by atoms with Gasteiger partial charge in [0.05, 0.1) is 11.4 Å². The maximum atomic E-state index is 12.8. The fourth-order valence-corrected chi connectivity index (χ4v) is 4.40. The number of halogens is 2. The van der Waals surface area contributed by atoms with Crippen LogP contribution in [0.25, 0.3) is 6.08 Å². The lowest BCUT2D eigenvalue weighted by Crippen LogP contribution is -2.27. The Labute approximate surface area is 198 Å². The summed E-state index contributed by atoms with van der Waals surface area (Å²) in [7, 11) is 0. The number of rotatable bonds is 6. The van der Waals surface area contributed by atoms with Gasteiger partial charge in [-0.15, -0.1) is 0 Å². The molecule has 0 atom stereocenters. The van der Waals surface area contributed by atoms with Gasteiger partial charge in [0.25, 0.3) is 11.1 Å². The van der Waals surface area contributed by atoms with Crippen LogP contribution in [0.15, 0.2) is 82.2 Å². The number of imide groups is 1. The van der Waals surface area contributed by atoms with E-state index in [2.05, 4.69) is 15.9 Å². The van der Waals surface area contributed by atoms with Crippen molar-refractivity contribution in [3.63, 3.8) is 0 Å². The maximum absolute atomic E-state index is 12.8. The summed E-state index contributed by atoms with van der Waals surface area (Å²) in [6, 6.07) is 22.4. The van der Waals surface area contributed by atoms with Gasteiger partial charge >= 0.3 is 0 Å². The van der Waals surface area contributed by atoms with Gasteiger partial charge in [0.1, 0.15) is 12.4 Å². The third kappa shape index (κ3) is 5.39. The lowest BCUT2D eigenvalue weighted by Gasteiger charge is -2.13. The number of carbonyl (C=O) groups excluding carboxylic acids is 2. The lowest BCUT2D eigenvalue weighted by atomic mass is 10.2. The Kier molecular flexibility index (Phi) is 6.80. The Balaban J connectivity index is 1.46. The minimum atomic E-state index is -0.293. The minimum Gasteiger partial charge on any atom is -0.489 e. The van der Waals surface area contributed by atoms with Crippen molar-refractivity contribution in [2.24, 2.45) is 0 Å². The lowest BCUT2D eigenvalue weighted by molar-refractivity contribution is -0.123. The smallest absolute Gasteiger partial charge is 0.293 e. The van der Waals surface area contributed by atoms with Crippen molar-refractivity contribution >= 4 is 56.5 Å². The van der Waals surface area contributed by atoms with Gasteiger partial charge in [-0.3, -0.25) is 14.5 Å².